The van der Waals surface area contributed by atoms with Crippen molar-refractivity contribution < 1.29 is 4.74 Å². The van der Waals surface area contributed by atoms with E-state index in [2.05, 4.69) is 10.2 Å². The third-order valence-electron chi connectivity index (χ3n) is 2.85. The second kappa shape index (κ2) is 4.44. The van der Waals surface area contributed by atoms with Crippen LogP contribution in [0.5, 0.6) is 5.75 Å². The van der Waals surface area contributed by atoms with E-state index >= 15 is 0 Å². The van der Waals surface area contributed by atoms with Crippen LogP contribution in [0.2, 0.25) is 5.02 Å². The number of anilines is 1. The molecule has 0 bridgehead atoms. The number of fused-ring (bicyclic) bond motifs is 1. The number of rotatable bonds is 2. The van der Waals surface area contributed by atoms with Gasteiger partial charge < -0.3 is 10.5 Å². The number of nitrogen functional groups attached to an aromatic ring is 1. The molecular weight excluding hydrogens is 264 g/mol. The molecule has 0 saturated carbocycles. The number of benzene rings is 1. The Bertz CT molecular complexity index is 753. The molecule has 3 aromatic rings. The van der Waals surface area contributed by atoms with Gasteiger partial charge in [0.05, 0.1) is 23.4 Å². The van der Waals surface area contributed by atoms with Gasteiger partial charge in [-0.1, -0.05) is 23.7 Å². The molecule has 0 saturated heterocycles. The van der Waals surface area contributed by atoms with Crippen LogP contribution >= 0.6 is 11.6 Å². The second-order valence-corrected chi connectivity index (χ2v) is 4.47. The molecule has 0 amide bonds. The molecule has 0 radical (unpaired) electrons. The zero-order valence-electron chi connectivity index (χ0n) is 10.2. The molecule has 0 fully saturated rings. The van der Waals surface area contributed by atoms with Crippen LogP contribution in [0.15, 0.2) is 36.5 Å². The fourth-order valence-corrected chi connectivity index (χ4v) is 2.21. The smallest absolute Gasteiger partial charge is 0.184 e. The number of nitrogens with two attached hydrogens (primary N) is 1. The average Bonchev–Trinajstić information content (AvgIpc) is 2.82. The lowest BCUT2D eigenvalue weighted by molar-refractivity contribution is 0.416. The van der Waals surface area contributed by atoms with Crippen LogP contribution in [-0.4, -0.2) is 21.7 Å². The molecule has 0 unspecified atom stereocenters. The van der Waals surface area contributed by atoms with Crippen LogP contribution in [0.3, 0.4) is 0 Å². The molecule has 96 valence electrons. The Morgan fingerprint density at radius 2 is 2.05 bits per heavy atom. The lowest BCUT2D eigenvalue weighted by Crippen LogP contribution is -1.95. The molecule has 0 aliphatic heterocycles. The monoisotopic (exact) mass is 274 g/mol. The minimum atomic E-state index is 0.487. The van der Waals surface area contributed by atoms with E-state index in [1.54, 1.807) is 23.8 Å². The van der Waals surface area contributed by atoms with Gasteiger partial charge in [0.2, 0.25) is 0 Å². The molecule has 0 atom stereocenters. The molecule has 5 nitrogen and oxygen atoms in total. The normalized spacial score (nSPS) is 10.8. The van der Waals surface area contributed by atoms with Crippen LogP contribution in [0.1, 0.15) is 0 Å². The molecule has 6 heteroatoms. The summed E-state index contributed by atoms with van der Waals surface area (Å²) in [7, 11) is 1.61. The van der Waals surface area contributed by atoms with Crippen molar-refractivity contribution in [1.82, 2.24) is 14.6 Å². The number of aromatic nitrogens is 3. The number of para-hydroxylation sites is 1. The number of hydrogen-bond acceptors (Lipinski definition) is 4. The fourth-order valence-electron chi connectivity index (χ4n) is 2.00. The summed E-state index contributed by atoms with van der Waals surface area (Å²) < 4.78 is 7.09. The summed E-state index contributed by atoms with van der Waals surface area (Å²) in [5.41, 5.74) is 7.77. The van der Waals surface area contributed by atoms with E-state index in [9.17, 15) is 0 Å². The zero-order chi connectivity index (χ0) is 13.4. The first-order valence-corrected chi connectivity index (χ1v) is 6.01. The van der Waals surface area contributed by atoms with Gasteiger partial charge in [-0.05, 0) is 18.2 Å². The van der Waals surface area contributed by atoms with Gasteiger partial charge in [-0.15, -0.1) is 10.2 Å². The minimum absolute atomic E-state index is 0.487. The number of halogens is 1. The van der Waals surface area contributed by atoms with Crippen LogP contribution in [0, 0.1) is 0 Å². The molecule has 19 heavy (non-hydrogen) atoms. The molecule has 2 heterocycles. The van der Waals surface area contributed by atoms with Crippen LogP contribution in [0.4, 0.5) is 5.69 Å². The van der Waals surface area contributed by atoms with Crippen molar-refractivity contribution in [3.63, 3.8) is 0 Å². The molecule has 0 spiro atoms. The average molecular weight is 275 g/mol. The van der Waals surface area contributed by atoms with E-state index in [1.165, 1.54) is 0 Å². The predicted octanol–water partition coefficient (Wildman–Crippen LogP) is 2.64. The van der Waals surface area contributed by atoms with Crippen molar-refractivity contribution in [1.29, 1.82) is 0 Å². The summed E-state index contributed by atoms with van der Waals surface area (Å²) >= 11 is 6.03. The van der Waals surface area contributed by atoms with Crippen LogP contribution in [-0.2, 0) is 0 Å². The molecular formula is C13H11ClN4O. The van der Waals surface area contributed by atoms with Gasteiger partial charge in [-0.25, -0.2) is 0 Å². The highest BCUT2D eigenvalue weighted by atomic mass is 35.5. The van der Waals surface area contributed by atoms with Crippen molar-refractivity contribution in [2.24, 2.45) is 0 Å². The Morgan fingerprint density at radius 1 is 1.26 bits per heavy atom. The van der Waals surface area contributed by atoms with Gasteiger partial charge in [-0.2, -0.15) is 0 Å². The maximum absolute atomic E-state index is 6.03. The van der Waals surface area contributed by atoms with Crippen molar-refractivity contribution >= 4 is 22.9 Å². The Morgan fingerprint density at radius 3 is 2.84 bits per heavy atom. The van der Waals surface area contributed by atoms with Crippen molar-refractivity contribution in [2.75, 3.05) is 12.8 Å². The topological polar surface area (TPSA) is 65.4 Å². The zero-order valence-corrected chi connectivity index (χ0v) is 10.9. The van der Waals surface area contributed by atoms with Crippen LogP contribution in [0.25, 0.3) is 17.0 Å². The first-order chi connectivity index (χ1) is 9.20. The first kappa shape index (κ1) is 11.8. The summed E-state index contributed by atoms with van der Waals surface area (Å²) in [5.74, 6) is 1.36. The number of pyridine rings is 1. The lowest BCUT2D eigenvalue weighted by atomic mass is 10.2. The summed E-state index contributed by atoms with van der Waals surface area (Å²) in [6.07, 6.45) is 1.73. The largest absolute Gasteiger partial charge is 0.496 e. The van der Waals surface area contributed by atoms with E-state index in [0.29, 0.717) is 22.2 Å². The van der Waals surface area contributed by atoms with Crippen LogP contribution < -0.4 is 10.5 Å². The third kappa shape index (κ3) is 1.88. The Hall–Kier alpha value is -2.27. The van der Waals surface area contributed by atoms with Gasteiger partial charge in [-0.3, -0.25) is 4.40 Å². The standard InChI is InChI=1S/C13H11ClN4O/c1-19-11-5-3-2-4-9(11)12-16-17-13-10(15)6-8(14)7-18(12)13/h2-7H,15H2,1H3. The Kier molecular flexibility index (Phi) is 2.76. The molecule has 0 aliphatic rings. The second-order valence-electron chi connectivity index (χ2n) is 4.03. The fraction of sp³-hybridized carbons (Fsp3) is 0.0769. The maximum Gasteiger partial charge on any atom is 0.184 e. The van der Waals surface area contributed by atoms with E-state index in [1.807, 2.05) is 24.3 Å². The molecule has 2 aromatic heterocycles. The van der Waals surface area contributed by atoms with Crippen molar-refractivity contribution in [2.45, 2.75) is 0 Å². The number of hydrogen-bond donors (Lipinski definition) is 1. The number of methoxy groups -OCH3 is 1. The van der Waals surface area contributed by atoms with Gasteiger partial charge in [0.1, 0.15) is 5.75 Å². The number of nitrogens with zero attached hydrogens (tertiary/aromatic N) is 3. The van der Waals surface area contributed by atoms with Gasteiger partial charge in [0, 0.05) is 6.20 Å². The number of ether oxygens (including phenoxy) is 1. The highest BCUT2D eigenvalue weighted by Crippen LogP contribution is 2.30. The van der Waals surface area contributed by atoms with Gasteiger partial charge >= 0.3 is 0 Å². The van der Waals surface area contributed by atoms with E-state index in [4.69, 9.17) is 22.1 Å². The summed E-state index contributed by atoms with van der Waals surface area (Å²) in [6.45, 7) is 0. The van der Waals surface area contributed by atoms with E-state index in [0.717, 1.165) is 11.3 Å². The minimum Gasteiger partial charge on any atom is -0.496 e. The molecule has 1 aromatic carbocycles. The third-order valence-corrected chi connectivity index (χ3v) is 3.05. The van der Waals surface area contributed by atoms with E-state index < -0.39 is 0 Å². The maximum atomic E-state index is 6.03. The van der Waals surface area contributed by atoms with Gasteiger partial charge in [0.15, 0.2) is 11.5 Å². The summed E-state index contributed by atoms with van der Waals surface area (Å²) in [6, 6.07) is 9.23. The molecule has 3 rings (SSSR count). The highest BCUT2D eigenvalue weighted by Gasteiger charge is 2.14. The lowest BCUT2D eigenvalue weighted by Gasteiger charge is -2.07. The molecule has 0 aliphatic carbocycles. The first-order valence-electron chi connectivity index (χ1n) is 5.64. The summed E-state index contributed by atoms with van der Waals surface area (Å²) in [5, 5.41) is 8.78. The quantitative estimate of drug-likeness (QED) is 0.780. The Balaban J connectivity index is 2.31. The predicted molar refractivity (Wildman–Crippen MR) is 74.4 cm³/mol. The van der Waals surface area contributed by atoms with Crippen molar-refractivity contribution in [3.05, 3.63) is 41.6 Å². The highest BCUT2D eigenvalue weighted by molar-refractivity contribution is 6.30. The SMILES string of the molecule is COc1ccccc1-c1nnc2c(N)cc(Cl)cn12. The Labute approximate surface area is 114 Å². The van der Waals surface area contributed by atoms with Crippen molar-refractivity contribution in [3.8, 4) is 17.1 Å². The van der Waals surface area contributed by atoms with E-state index in [-0.39, 0.29) is 0 Å². The summed E-state index contributed by atoms with van der Waals surface area (Å²) in [4.78, 5) is 0. The molecule has 2 N–H and O–H groups in total. The van der Waals surface area contributed by atoms with Gasteiger partial charge in [0.25, 0.3) is 0 Å².